The second kappa shape index (κ2) is 30.1. The average Bonchev–Trinajstić information content (AvgIpc) is 3.35. The number of rotatable bonds is 14. The molecule has 1 aliphatic rings. The Balaban J connectivity index is 0.000000423. The van der Waals surface area contributed by atoms with Gasteiger partial charge in [0, 0.05) is 11.4 Å². The molecule has 1 unspecified atom stereocenters. The van der Waals surface area contributed by atoms with Crippen LogP contribution in [0.1, 0.15) is 85.0 Å². The van der Waals surface area contributed by atoms with Gasteiger partial charge in [-0.3, -0.25) is 0 Å². The van der Waals surface area contributed by atoms with Crippen LogP contribution in [0.25, 0.3) is 22.3 Å². The van der Waals surface area contributed by atoms with Gasteiger partial charge in [-0.25, -0.2) is 0 Å². The molecule has 5 aromatic rings. The van der Waals surface area contributed by atoms with Crippen LogP contribution in [0.5, 0.6) is 0 Å². The summed E-state index contributed by atoms with van der Waals surface area (Å²) in [4.78, 5) is 2.48. The van der Waals surface area contributed by atoms with Crippen LogP contribution in [-0.4, -0.2) is 6.04 Å². The Morgan fingerprint density at radius 2 is 1.17 bits per heavy atom. The zero-order valence-corrected chi connectivity index (χ0v) is 40.0. The van der Waals surface area contributed by atoms with Crippen LogP contribution in [0.4, 0.5) is 5.69 Å². The molecule has 0 saturated carbocycles. The lowest BCUT2D eigenvalue weighted by Gasteiger charge is -2.37. The number of hydrogen-bond donors (Lipinski definition) is 0. The van der Waals surface area contributed by atoms with Crippen LogP contribution < -0.4 is 4.90 Å². The minimum atomic E-state index is 0.183. The van der Waals surface area contributed by atoms with Crippen LogP contribution in [0, 0.1) is 20.8 Å². The molecule has 0 amide bonds. The molecule has 1 aliphatic carbocycles. The van der Waals surface area contributed by atoms with Gasteiger partial charge in [0.15, 0.2) is 0 Å². The molecule has 0 heterocycles. The maximum Gasteiger partial charge on any atom is 0.0631 e. The normalized spacial score (nSPS) is 12.8. The van der Waals surface area contributed by atoms with Crippen LogP contribution in [0.2, 0.25) is 0 Å². The summed E-state index contributed by atoms with van der Waals surface area (Å²) in [5, 5.41) is 0. The van der Waals surface area contributed by atoms with E-state index in [0.29, 0.717) is 0 Å². The molecule has 1 heteroatoms. The first-order valence-electron chi connectivity index (χ1n) is 22.3. The zero-order chi connectivity index (χ0) is 47.3. The Hall–Kier alpha value is -6.96. The van der Waals surface area contributed by atoms with Gasteiger partial charge in [0.1, 0.15) is 0 Å². The zero-order valence-electron chi connectivity index (χ0n) is 40.0. The molecule has 64 heavy (non-hydrogen) atoms. The largest absolute Gasteiger partial charge is 0.334 e. The van der Waals surface area contributed by atoms with Gasteiger partial charge in [0.05, 0.1) is 6.04 Å². The first-order valence-corrected chi connectivity index (χ1v) is 22.3. The highest BCUT2D eigenvalue weighted by atomic mass is 15.2. The number of aryl methyl sites for hydroxylation is 3. The molecule has 0 spiro atoms. The quantitative estimate of drug-likeness (QED) is 0.0795. The fourth-order valence-corrected chi connectivity index (χ4v) is 6.83. The molecular formula is C63H73N. The molecule has 0 aliphatic heterocycles. The van der Waals surface area contributed by atoms with Gasteiger partial charge in [0.2, 0.25) is 0 Å². The molecule has 0 N–H and O–H groups in total. The molecule has 0 radical (unpaired) electrons. The first kappa shape index (κ1) is 53.2. The fraction of sp³-hybridized carbons (Fsp3) is 0.175. The van der Waals surface area contributed by atoms with E-state index in [2.05, 4.69) is 249 Å². The molecule has 5 aromatic carbocycles. The lowest BCUT2D eigenvalue weighted by atomic mass is 9.89. The van der Waals surface area contributed by atoms with E-state index in [1.54, 1.807) is 6.08 Å². The van der Waals surface area contributed by atoms with Gasteiger partial charge in [-0.15, -0.1) is 19.7 Å². The Bertz CT molecular complexity index is 2340. The predicted molar refractivity (Wildman–Crippen MR) is 291 cm³/mol. The van der Waals surface area contributed by atoms with Crippen molar-refractivity contribution in [2.24, 2.45) is 0 Å². The van der Waals surface area contributed by atoms with Gasteiger partial charge in [-0.05, 0) is 122 Å². The van der Waals surface area contributed by atoms with Crippen LogP contribution in [-0.2, 0) is 6.42 Å². The van der Waals surface area contributed by atoms with Gasteiger partial charge in [-0.1, -0.05) is 227 Å². The highest BCUT2D eigenvalue weighted by Crippen LogP contribution is 2.36. The molecule has 1 nitrogen and oxygen atoms in total. The van der Waals surface area contributed by atoms with E-state index in [0.717, 1.165) is 41.5 Å². The SMILES string of the molecule is C=C.C=C/C(=C\C)c1ccc(C)cc1.C=CC(=C)c1ccc(C)cc1.C=CCC(=C)c1ccc(N(C(/C=C\Cc2ccccc2)=C/C)C2CC=CC=C2c2ccc(C)cc2)cc1.CC. The number of hydrogen-bond acceptors (Lipinski definition) is 1. The van der Waals surface area contributed by atoms with Gasteiger partial charge < -0.3 is 4.90 Å². The van der Waals surface area contributed by atoms with Crippen LogP contribution in [0.3, 0.4) is 0 Å². The highest BCUT2D eigenvalue weighted by molar-refractivity contribution is 5.79. The molecule has 0 bridgehead atoms. The molecule has 0 saturated heterocycles. The third kappa shape index (κ3) is 17.1. The van der Waals surface area contributed by atoms with Crippen molar-refractivity contribution < 1.29 is 0 Å². The van der Waals surface area contributed by atoms with Crippen LogP contribution >= 0.6 is 0 Å². The summed E-state index contributed by atoms with van der Waals surface area (Å²) in [6.45, 7) is 39.8. The monoisotopic (exact) mass is 844 g/mol. The second-order valence-electron chi connectivity index (χ2n) is 14.9. The van der Waals surface area contributed by atoms with E-state index < -0.39 is 0 Å². The first-order chi connectivity index (χ1) is 31.1. The van der Waals surface area contributed by atoms with Gasteiger partial charge in [0.25, 0.3) is 0 Å². The third-order valence-corrected chi connectivity index (χ3v) is 10.4. The number of nitrogens with zero attached hydrogens (tertiary/aromatic N) is 1. The van der Waals surface area contributed by atoms with E-state index in [-0.39, 0.29) is 6.04 Å². The van der Waals surface area contributed by atoms with Crippen molar-refractivity contribution in [3.63, 3.8) is 0 Å². The lowest BCUT2D eigenvalue weighted by Crippen LogP contribution is -2.35. The summed E-state index contributed by atoms with van der Waals surface area (Å²) >= 11 is 0. The van der Waals surface area contributed by atoms with Crippen molar-refractivity contribution in [2.75, 3.05) is 4.90 Å². The minimum absolute atomic E-state index is 0.183. The summed E-state index contributed by atoms with van der Waals surface area (Å²) in [5.74, 6) is 0. The van der Waals surface area contributed by atoms with Crippen molar-refractivity contribution in [1.29, 1.82) is 0 Å². The number of benzene rings is 5. The smallest absolute Gasteiger partial charge is 0.0631 e. The second-order valence-corrected chi connectivity index (χ2v) is 14.9. The van der Waals surface area contributed by atoms with Crippen molar-refractivity contribution >= 4 is 28.0 Å². The van der Waals surface area contributed by atoms with E-state index in [1.807, 2.05) is 32.9 Å². The molecule has 330 valence electrons. The molecule has 6 rings (SSSR count). The standard InChI is InChI=1S/C36H37N.C12H14.C11H12.C2H6.C2H4/c1-5-13-29(4)31-24-26-34(27-25-31)37(33(6-2)17-12-16-30-14-8-7-9-15-30)36-19-11-10-18-35(36)32-22-20-28(3)21-23-32;1-4-11(5-2)12-8-6-10(3)7-9-12;1-4-10(3)11-7-5-9(2)6-8-11;2*1-2/h5-12,14-15,17-18,20-27,36H,1,4,13,16,19H2,2-3H3;4-9H,1H2,2-3H3;4-8H,1,3H2,2H3;1-2H3;1-2H2/b17-12-,33-6+;11-5+;;;. The lowest BCUT2D eigenvalue weighted by molar-refractivity contribution is 0.777. The number of allylic oxidation sites excluding steroid dienone is 12. The molecular weight excluding hydrogens is 771 g/mol. The Kier molecular flexibility index (Phi) is 25.1. The van der Waals surface area contributed by atoms with Crippen molar-refractivity contribution in [2.45, 2.75) is 73.8 Å². The van der Waals surface area contributed by atoms with Crippen molar-refractivity contribution in [3.05, 3.63) is 284 Å². The maximum absolute atomic E-state index is 4.23. The van der Waals surface area contributed by atoms with E-state index in [9.17, 15) is 0 Å². The Morgan fingerprint density at radius 1 is 0.641 bits per heavy atom. The summed E-state index contributed by atoms with van der Waals surface area (Å²) in [6.07, 6.45) is 23.7. The third-order valence-electron chi connectivity index (χ3n) is 10.4. The van der Waals surface area contributed by atoms with Crippen molar-refractivity contribution in [1.82, 2.24) is 0 Å². The highest BCUT2D eigenvalue weighted by Gasteiger charge is 2.26. The predicted octanol–water partition coefficient (Wildman–Crippen LogP) is 18.1. The summed E-state index contributed by atoms with van der Waals surface area (Å²) in [7, 11) is 0. The van der Waals surface area contributed by atoms with E-state index >= 15 is 0 Å². The Morgan fingerprint density at radius 3 is 1.67 bits per heavy atom. The summed E-state index contributed by atoms with van der Waals surface area (Å²) in [5.41, 5.74) is 16.9. The Labute approximate surface area is 389 Å². The number of anilines is 1. The minimum Gasteiger partial charge on any atom is -0.334 e. The molecule has 0 aromatic heterocycles. The molecule has 0 fully saturated rings. The molecule has 1 atom stereocenters. The van der Waals surface area contributed by atoms with E-state index in [4.69, 9.17) is 0 Å². The van der Waals surface area contributed by atoms with Crippen LogP contribution in [0.15, 0.2) is 240 Å². The van der Waals surface area contributed by atoms with Gasteiger partial charge in [-0.2, -0.15) is 0 Å². The maximum atomic E-state index is 4.23. The topological polar surface area (TPSA) is 3.24 Å². The van der Waals surface area contributed by atoms with Crippen molar-refractivity contribution in [3.8, 4) is 0 Å². The van der Waals surface area contributed by atoms with Gasteiger partial charge >= 0.3 is 0 Å². The fourth-order valence-electron chi connectivity index (χ4n) is 6.83. The van der Waals surface area contributed by atoms with E-state index in [1.165, 1.54) is 55.9 Å². The average molecular weight is 844 g/mol. The summed E-state index contributed by atoms with van der Waals surface area (Å²) < 4.78 is 0. The summed E-state index contributed by atoms with van der Waals surface area (Å²) in [6, 6.07) is 45.2.